The Bertz CT molecular complexity index is 853. The molecule has 3 aromatic rings. The average molecular weight is 295 g/mol. The molecule has 0 aliphatic rings. The lowest BCUT2D eigenvalue weighted by molar-refractivity contribution is 0.452. The van der Waals surface area contributed by atoms with Gasteiger partial charge >= 0.3 is 0 Å². The van der Waals surface area contributed by atoms with E-state index in [0.717, 1.165) is 16.9 Å². The summed E-state index contributed by atoms with van der Waals surface area (Å²) < 4.78 is 7.39. The van der Waals surface area contributed by atoms with Crippen LogP contribution in [0.2, 0.25) is 0 Å². The quantitative estimate of drug-likeness (QED) is 0.722. The maximum Gasteiger partial charge on any atom is 0.237 e. The van der Waals surface area contributed by atoms with Gasteiger partial charge in [-0.3, -0.25) is 0 Å². The zero-order valence-corrected chi connectivity index (χ0v) is 12.5. The number of anilines is 2. The first-order chi connectivity index (χ1) is 10.5. The van der Waals surface area contributed by atoms with Crippen molar-refractivity contribution in [3.63, 3.8) is 0 Å². The van der Waals surface area contributed by atoms with Gasteiger partial charge in [-0.2, -0.15) is 0 Å². The Morgan fingerprint density at radius 1 is 1.32 bits per heavy atom. The van der Waals surface area contributed by atoms with Crippen molar-refractivity contribution < 1.29 is 4.74 Å². The van der Waals surface area contributed by atoms with E-state index in [9.17, 15) is 0 Å². The molecule has 3 rings (SSSR count). The number of aromatic nitrogens is 3. The fourth-order valence-electron chi connectivity index (χ4n) is 2.00. The van der Waals surface area contributed by atoms with Gasteiger partial charge in [-0.05, 0) is 31.5 Å². The number of nitrogens with one attached hydrogen (secondary N) is 1. The van der Waals surface area contributed by atoms with Crippen molar-refractivity contribution in [2.45, 2.75) is 13.8 Å². The standard InChI is InChI=1S/C16H17N5O/c1-10(2)18-14-9-21-15(19-14)6-7-16(20-21)22-12-5-4-11(3)13(17)8-12/h4-9,18H,1,17H2,2-3H3. The maximum atomic E-state index is 5.88. The monoisotopic (exact) mass is 295 g/mol. The highest BCUT2D eigenvalue weighted by molar-refractivity contribution is 5.52. The van der Waals surface area contributed by atoms with Crippen LogP contribution in [0.5, 0.6) is 11.6 Å². The molecule has 0 aliphatic heterocycles. The van der Waals surface area contributed by atoms with Crippen LogP contribution >= 0.6 is 0 Å². The van der Waals surface area contributed by atoms with Gasteiger partial charge in [0.25, 0.3) is 0 Å². The molecule has 0 radical (unpaired) electrons. The van der Waals surface area contributed by atoms with Crippen molar-refractivity contribution in [1.29, 1.82) is 0 Å². The normalized spacial score (nSPS) is 10.6. The van der Waals surface area contributed by atoms with E-state index in [1.807, 2.05) is 32.0 Å². The molecule has 112 valence electrons. The minimum absolute atomic E-state index is 0.468. The van der Waals surface area contributed by atoms with Gasteiger partial charge in [0.05, 0.1) is 6.20 Å². The molecule has 0 aliphatic carbocycles. The minimum Gasteiger partial charge on any atom is -0.438 e. The number of ether oxygens (including phenoxy) is 1. The lowest BCUT2D eigenvalue weighted by atomic mass is 10.2. The first-order valence-corrected chi connectivity index (χ1v) is 6.84. The van der Waals surface area contributed by atoms with E-state index in [1.54, 1.807) is 22.8 Å². The molecular formula is C16H17N5O. The Balaban J connectivity index is 1.87. The number of rotatable bonds is 4. The van der Waals surface area contributed by atoms with Crippen molar-refractivity contribution in [2.75, 3.05) is 11.1 Å². The molecule has 3 N–H and O–H groups in total. The van der Waals surface area contributed by atoms with Gasteiger partial charge in [-0.1, -0.05) is 12.6 Å². The number of allylic oxidation sites excluding steroid dienone is 1. The van der Waals surface area contributed by atoms with E-state index in [1.165, 1.54) is 0 Å². The molecule has 0 bridgehead atoms. The summed E-state index contributed by atoms with van der Waals surface area (Å²) in [6.45, 7) is 7.61. The topological polar surface area (TPSA) is 77.5 Å². The second-order valence-corrected chi connectivity index (χ2v) is 5.13. The van der Waals surface area contributed by atoms with E-state index in [0.29, 0.717) is 23.1 Å². The van der Waals surface area contributed by atoms with Gasteiger partial charge in [0.1, 0.15) is 5.75 Å². The summed E-state index contributed by atoms with van der Waals surface area (Å²) in [6, 6.07) is 9.16. The number of imidazole rings is 1. The lowest BCUT2D eigenvalue weighted by Crippen LogP contribution is -1.96. The number of hydrogen-bond donors (Lipinski definition) is 2. The molecule has 0 atom stereocenters. The van der Waals surface area contributed by atoms with Crippen molar-refractivity contribution in [3.05, 3.63) is 54.4 Å². The minimum atomic E-state index is 0.468. The number of nitrogen functional groups attached to an aromatic ring is 1. The number of nitrogens with zero attached hydrogens (tertiary/aromatic N) is 3. The van der Waals surface area contributed by atoms with E-state index in [-0.39, 0.29) is 0 Å². The predicted molar refractivity (Wildman–Crippen MR) is 87.1 cm³/mol. The molecule has 0 amide bonds. The lowest BCUT2D eigenvalue weighted by Gasteiger charge is -2.06. The summed E-state index contributed by atoms with van der Waals surface area (Å²) in [5.41, 5.74) is 9.12. The molecule has 0 fully saturated rings. The number of nitrogens with two attached hydrogens (primary N) is 1. The van der Waals surface area contributed by atoms with Gasteiger partial charge in [0.15, 0.2) is 11.5 Å². The van der Waals surface area contributed by atoms with Crippen LogP contribution in [0, 0.1) is 6.92 Å². The Morgan fingerprint density at radius 3 is 2.86 bits per heavy atom. The highest BCUT2D eigenvalue weighted by Crippen LogP contribution is 2.24. The van der Waals surface area contributed by atoms with Crippen LogP contribution in [0.4, 0.5) is 11.5 Å². The molecular weight excluding hydrogens is 278 g/mol. The van der Waals surface area contributed by atoms with Gasteiger partial charge in [0, 0.05) is 23.5 Å². The van der Waals surface area contributed by atoms with Gasteiger partial charge in [0.2, 0.25) is 5.88 Å². The fourth-order valence-corrected chi connectivity index (χ4v) is 2.00. The smallest absolute Gasteiger partial charge is 0.237 e. The molecule has 0 saturated heterocycles. The largest absolute Gasteiger partial charge is 0.438 e. The molecule has 2 heterocycles. The Kier molecular flexibility index (Phi) is 3.42. The van der Waals surface area contributed by atoms with Gasteiger partial charge in [-0.15, -0.1) is 5.10 Å². The van der Waals surface area contributed by atoms with Crippen LogP contribution in [0.25, 0.3) is 5.65 Å². The molecule has 0 spiro atoms. The third-order valence-corrected chi connectivity index (χ3v) is 3.11. The zero-order chi connectivity index (χ0) is 15.7. The molecule has 6 nitrogen and oxygen atoms in total. The maximum absolute atomic E-state index is 5.88. The van der Waals surface area contributed by atoms with Crippen LogP contribution < -0.4 is 15.8 Å². The second kappa shape index (κ2) is 5.40. The number of fused-ring (bicyclic) bond motifs is 1. The molecule has 2 aromatic heterocycles. The van der Waals surface area contributed by atoms with E-state index in [2.05, 4.69) is 22.0 Å². The van der Waals surface area contributed by atoms with Crippen molar-refractivity contribution in [1.82, 2.24) is 14.6 Å². The van der Waals surface area contributed by atoms with Crippen LogP contribution in [-0.2, 0) is 0 Å². The fraction of sp³-hybridized carbons (Fsp3) is 0.125. The number of hydrogen-bond acceptors (Lipinski definition) is 5. The Hall–Kier alpha value is -3.02. The Labute approximate surface area is 128 Å². The first kappa shape index (κ1) is 13.9. The molecule has 0 unspecified atom stereocenters. The third kappa shape index (κ3) is 2.85. The number of benzene rings is 1. The summed E-state index contributed by atoms with van der Waals surface area (Å²) >= 11 is 0. The highest BCUT2D eigenvalue weighted by Gasteiger charge is 2.06. The van der Waals surface area contributed by atoms with E-state index in [4.69, 9.17) is 10.5 Å². The van der Waals surface area contributed by atoms with E-state index < -0.39 is 0 Å². The van der Waals surface area contributed by atoms with Crippen molar-refractivity contribution in [3.8, 4) is 11.6 Å². The Morgan fingerprint density at radius 2 is 2.14 bits per heavy atom. The van der Waals surface area contributed by atoms with Gasteiger partial charge in [-0.25, -0.2) is 9.50 Å². The predicted octanol–water partition coefficient (Wildman–Crippen LogP) is 3.36. The third-order valence-electron chi connectivity index (χ3n) is 3.11. The summed E-state index contributed by atoms with van der Waals surface area (Å²) in [5, 5.41) is 7.43. The van der Waals surface area contributed by atoms with Crippen molar-refractivity contribution in [2.24, 2.45) is 0 Å². The second-order valence-electron chi connectivity index (χ2n) is 5.13. The summed E-state index contributed by atoms with van der Waals surface area (Å²) in [4.78, 5) is 4.38. The van der Waals surface area contributed by atoms with E-state index >= 15 is 0 Å². The van der Waals surface area contributed by atoms with Crippen LogP contribution in [-0.4, -0.2) is 14.6 Å². The highest BCUT2D eigenvalue weighted by atomic mass is 16.5. The first-order valence-electron chi connectivity index (χ1n) is 6.84. The summed E-state index contributed by atoms with van der Waals surface area (Å²) in [5.74, 6) is 1.81. The van der Waals surface area contributed by atoms with Crippen LogP contribution in [0.1, 0.15) is 12.5 Å². The average Bonchev–Trinajstić information content (AvgIpc) is 2.83. The van der Waals surface area contributed by atoms with Crippen molar-refractivity contribution >= 4 is 17.2 Å². The van der Waals surface area contributed by atoms with Gasteiger partial charge < -0.3 is 15.8 Å². The number of aryl methyl sites for hydroxylation is 1. The molecule has 22 heavy (non-hydrogen) atoms. The van der Waals surface area contributed by atoms with Crippen LogP contribution in [0.3, 0.4) is 0 Å². The van der Waals surface area contributed by atoms with Crippen LogP contribution in [0.15, 0.2) is 48.8 Å². The summed E-state index contributed by atoms with van der Waals surface area (Å²) in [7, 11) is 0. The molecule has 6 heteroatoms. The molecule has 0 saturated carbocycles. The SMILES string of the molecule is C=C(C)Nc1cn2nc(Oc3ccc(C)c(N)c3)ccc2n1. The molecule has 1 aromatic carbocycles. The zero-order valence-electron chi connectivity index (χ0n) is 12.5. The summed E-state index contributed by atoms with van der Waals surface area (Å²) in [6.07, 6.45) is 1.78.